The molecule has 1 aliphatic heterocycles. The molecule has 1 aromatic carbocycles. The summed E-state index contributed by atoms with van der Waals surface area (Å²) in [6, 6.07) is 7.39. The van der Waals surface area contributed by atoms with Crippen LogP contribution in [0.4, 0.5) is 0 Å². The molecule has 1 saturated heterocycles. The second-order valence-electron chi connectivity index (χ2n) is 4.52. The molecular weight excluding hydrogens is 264 g/mol. The zero-order chi connectivity index (χ0) is 13.7. The summed E-state index contributed by atoms with van der Waals surface area (Å²) in [7, 11) is 0. The fourth-order valence-electron chi connectivity index (χ4n) is 2.04. The smallest absolute Gasteiger partial charge is 0.188 e. The highest BCUT2D eigenvalue weighted by molar-refractivity contribution is 6.30. The predicted octanol–water partition coefficient (Wildman–Crippen LogP) is 1.23. The van der Waals surface area contributed by atoms with Crippen LogP contribution < -0.4 is 10.5 Å². The highest BCUT2D eigenvalue weighted by Gasteiger charge is 2.16. The van der Waals surface area contributed by atoms with E-state index in [0.717, 1.165) is 38.5 Å². The van der Waals surface area contributed by atoms with Gasteiger partial charge in [-0.25, -0.2) is 0 Å². The molecule has 1 heterocycles. The number of hydrogen-bond acceptors (Lipinski definition) is 3. The van der Waals surface area contributed by atoms with Crippen molar-refractivity contribution in [2.45, 2.75) is 0 Å². The molecule has 6 heteroatoms. The normalized spacial score (nSPS) is 16.4. The molecule has 0 atom stereocenters. The number of benzene rings is 1. The van der Waals surface area contributed by atoms with Crippen LogP contribution in [0.15, 0.2) is 24.3 Å². The molecule has 3 N–H and O–H groups in total. The summed E-state index contributed by atoms with van der Waals surface area (Å²) in [5, 5.41) is 8.09. The van der Waals surface area contributed by atoms with Crippen LogP contribution in [0.1, 0.15) is 0 Å². The van der Waals surface area contributed by atoms with Gasteiger partial charge >= 0.3 is 0 Å². The van der Waals surface area contributed by atoms with Gasteiger partial charge in [-0.15, -0.1) is 0 Å². The molecular formula is C13H19ClN4O. The number of nitrogens with one attached hydrogen (secondary N) is 1. The number of rotatable bonds is 4. The lowest BCUT2D eigenvalue weighted by molar-refractivity contribution is 0.153. The Hall–Kier alpha value is -1.46. The van der Waals surface area contributed by atoms with Gasteiger partial charge in [0.2, 0.25) is 0 Å². The average molecular weight is 283 g/mol. The van der Waals surface area contributed by atoms with Crippen LogP contribution in [0.25, 0.3) is 0 Å². The lowest BCUT2D eigenvalue weighted by Crippen LogP contribution is -2.51. The van der Waals surface area contributed by atoms with Crippen LogP contribution in [0, 0.1) is 5.41 Å². The van der Waals surface area contributed by atoms with E-state index in [2.05, 4.69) is 4.90 Å². The van der Waals surface area contributed by atoms with Gasteiger partial charge in [0.25, 0.3) is 0 Å². The molecule has 0 unspecified atom stereocenters. The van der Waals surface area contributed by atoms with Crippen molar-refractivity contribution in [2.24, 2.45) is 5.73 Å². The molecule has 19 heavy (non-hydrogen) atoms. The van der Waals surface area contributed by atoms with Gasteiger partial charge in [0.15, 0.2) is 5.96 Å². The summed E-state index contributed by atoms with van der Waals surface area (Å²) in [6.07, 6.45) is 0. The Morgan fingerprint density at radius 1 is 1.21 bits per heavy atom. The van der Waals surface area contributed by atoms with E-state index in [1.165, 1.54) is 0 Å². The second-order valence-corrected chi connectivity index (χ2v) is 4.95. The van der Waals surface area contributed by atoms with Crippen molar-refractivity contribution in [1.82, 2.24) is 9.80 Å². The fraction of sp³-hybridized carbons (Fsp3) is 0.462. The van der Waals surface area contributed by atoms with Gasteiger partial charge in [-0.05, 0) is 24.3 Å². The summed E-state index contributed by atoms with van der Waals surface area (Å²) in [6.45, 7) is 5.01. The lowest BCUT2D eigenvalue weighted by atomic mass is 10.3. The van der Waals surface area contributed by atoms with Crippen molar-refractivity contribution in [2.75, 3.05) is 39.3 Å². The van der Waals surface area contributed by atoms with Crippen LogP contribution in [0.2, 0.25) is 5.02 Å². The van der Waals surface area contributed by atoms with Gasteiger partial charge in [0.1, 0.15) is 12.4 Å². The van der Waals surface area contributed by atoms with Crippen LogP contribution in [0.5, 0.6) is 5.75 Å². The highest BCUT2D eigenvalue weighted by Crippen LogP contribution is 2.15. The Morgan fingerprint density at radius 3 is 2.42 bits per heavy atom. The minimum atomic E-state index is 0.164. The summed E-state index contributed by atoms with van der Waals surface area (Å²) < 4.78 is 5.66. The molecule has 0 amide bonds. The minimum absolute atomic E-state index is 0.164. The third kappa shape index (κ3) is 4.29. The molecule has 0 aliphatic carbocycles. The van der Waals surface area contributed by atoms with E-state index in [1.54, 1.807) is 0 Å². The number of ether oxygens (including phenoxy) is 1. The summed E-state index contributed by atoms with van der Waals surface area (Å²) in [5.41, 5.74) is 5.46. The molecule has 5 nitrogen and oxygen atoms in total. The Morgan fingerprint density at radius 2 is 1.84 bits per heavy atom. The Bertz CT molecular complexity index is 415. The van der Waals surface area contributed by atoms with Gasteiger partial charge < -0.3 is 15.4 Å². The van der Waals surface area contributed by atoms with E-state index in [1.807, 2.05) is 29.2 Å². The number of hydrogen-bond donors (Lipinski definition) is 2. The van der Waals surface area contributed by atoms with E-state index in [4.69, 9.17) is 27.5 Å². The quantitative estimate of drug-likeness (QED) is 0.644. The van der Waals surface area contributed by atoms with Gasteiger partial charge in [-0.3, -0.25) is 10.3 Å². The second kappa shape index (κ2) is 6.63. The van der Waals surface area contributed by atoms with Crippen molar-refractivity contribution in [3.63, 3.8) is 0 Å². The zero-order valence-corrected chi connectivity index (χ0v) is 11.6. The number of piperazine rings is 1. The molecule has 0 saturated carbocycles. The first kappa shape index (κ1) is 14.0. The van der Waals surface area contributed by atoms with Crippen LogP contribution >= 0.6 is 11.6 Å². The van der Waals surface area contributed by atoms with Gasteiger partial charge in [0.05, 0.1) is 0 Å². The summed E-state index contributed by atoms with van der Waals surface area (Å²) >= 11 is 5.81. The topological polar surface area (TPSA) is 65.6 Å². The van der Waals surface area contributed by atoms with Gasteiger partial charge in [0, 0.05) is 37.7 Å². The van der Waals surface area contributed by atoms with E-state index < -0.39 is 0 Å². The van der Waals surface area contributed by atoms with E-state index in [-0.39, 0.29) is 5.96 Å². The Labute approximate surface area is 118 Å². The number of nitrogens with two attached hydrogens (primary N) is 1. The van der Waals surface area contributed by atoms with Gasteiger partial charge in [-0.2, -0.15) is 0 Å². The summed E-state index contributed by atoms with van der Waals surface area (Å²) in [4.78, 5) is 4.20. The van der Waals surface area contributed by atoms with Crippen molar-refractivity contribution < 1.29 is 4.74 Å². The minimum Gasteiger partial charge on any atom is -0.492 e. The van der Waals surface area contributed by atoms with E-state index >= 15 is 0 Å². The molecule has 1 aliphatic rings. The molecule has 104 valence electrons. The highest BCUT2D eigenvalue weighted by atomic mass is 35.5. The first-order valence-electron chi connectivity index (χ1n) is 6.35. The average Bonchev–Trinajstić information content (AvgIpc) is 2.41. The Balaban J connectivity index is 1.67. The molecule has 1 fully saturated rings. The van der Waals surface area contributed by atoms with E-state index in [0.29, 0.717) is 11.6 Å². The lowest BCUT2D eigenvalue weighted by Gasteiger charge is -2.34. The first-order chi connectivity index (χ1) is 9.15. The SMILES string of the molecule is N=C(N)N1CCN(CCOc2ccc(Cl)cc2)CC1. The maximum atomic E-state index is 7.37. The molecule has 0 radical (unpaired) electrons. The maximum Gasteiger partial charge on any atom is 0.188 e. The van der Waals surface area contributed by atoms with Crippen molar-refractivity contribution in [3.8, 4) is 5.75 Å². The predicted molar refractivity (Wildman–Crippen MR) is 76.9 cm³/mol. The Kier molecular flexibility index (Phi) is 4.87. The molecule has 0 spiro atoms. The van der Waals surface area contributed by atoms with Crippen molar-refractivity contribution in [3.05, 3.63) is 29.3 Å². The van der Waals surface area contributed by atoms with E-state index in [9.17, 15) is 0 Å². The molecule has 0 aromatic heterocycles. The van der Waals surface area contributed by atoms with Crippen LogP contribution in [-0.4, -0.2) is 55.1 Å². The summed E-state index contributed by atoms with van der Waals surface area (Å²) in [5.74, 6) is 1.00. The number of nitrogens with zero attached hydrogens (tertiary/aromatic N) is 2. The van der Waals surface area contributed by atoms with Crippen LogP contribution in [0.3, 0.4) is 0 Å². The third-order valence-corrected chi connectivity index (χ3v) is 3.45. The van der Waals surface area contributed by atoms with Gasteiger partial charge in [-0.1, -0.05) is 11.6 Å². The number of guanidine groups is 1. The maximum absolute atomic E-state index is 7.37. The molecule has 2 rings (SSSR count). The largest absolute Gasteiger partial charge is 0.492 e. The third-order valence-electron chi connectivity index (χ3n) is 3.20. The zero-order valence-electron chi connectivity index (χ0n) is 10.8. The van der Waals surface area contributed by atoms with Crippen molar-refractivity contribution in [1.29, 1.82) is 5.41 Å². The number of halogens is 1. The monoisotopic (exact) mass is 282 g/mol. The molecule has 1 aromatic rings. The van der Waals surface area contributed by atoms with Crippen molar-refractivity contribution >= 4 is 17.6 Å². The molecule has 0 bridgehead atoms. The van der Waals surface area contributed by atoms with Crippen LogP contribution in [-0.2, 0) is 0 Å². The first-order valence-corrected chi connectivity index (χ1v) is 6.72. The fourth-order valence-corrected chi connectivity index (χ4v) is 2.16. The standard InChI is InChI=1S/C13H19ClN4O/c14-11-1-3-12(4-2-11)19-10-9-17-5-7-18(8-6-17)13(15)16/h1-4H,5-10H2,(H3,15,16).